The van der Waals surface area contributed by atoms with Gasteiger partial charge in [0.1, 0.15) is 5.82 Å². The van der Waals surface area contributed by atoms with Crippen LogP contribution in [-0.4, -0.2) is 60.2 Å². The summed E-state index contributed by atoms with van der Waals surface area (Å²) in [4.78, 5) is 18.4. The average molecular weight is 341 g/mol. The van der Waals surface area contributed by atoms with Crippen LogP contribution in [0, 0.1) is 0 Å². The highest BCUT2D eigenvalue weighted by molar-refractivity contribution is 7.15. The van der Waals surface area contributed by atoms with Gasteiger partial charge < -0.3 is 9.80 Å². The third-order valence-electron chi connectivity index (χ3n) is 5.52. The average Bonchev–Trinajstić information content (AvgIpc) is 3.17. The van der Waals surface area contributed by atoms with E-state index >= 15 is 0 Å². The number of pyridine rings is 1. The van der Waals surface area contributed by atoms with Crippen LogP contribution in [0.4, 0.5) is 10.9 Å². The predicted octanol–water partition coefficient (Wildman–Crippen LogP) is 2.04. The molecular weight excluding hydrogens is 318 g/mol. The number of thiazole rings is 1. The molecule has 0 N–H and O–H groups in total. The van der Waals surface area contributed by atoms with Crippen LogP contribution in [0.3, 0.4) is 0 Å². The summed E-state index contributed by atoms with van der Waals surface area (Å²) in [5.74, 6) is 1.12. The van der Waals surface area contributed by atoms with Gasteiger partial charge in [0.2, 0.25) is 0 Å². The Morgan fingerprint density at radius 2 is 1.88 bits per heavy atom. The number of nitrogens with zero attached hydrogens (tertiary/aromatic N) is 5. The van der Waals surface area contributed by atoms with E-state index in [0.29, 0.717) is 6.04 Å². The Balaban J connectivity index is 1.15. The van der Waals surface area contributed by atoms with Gasteiger partial charge in [-0.3, -0.25) is 4.90 Å². The summed E-state index contributed by atoms with van der Waals surface area (Å²) >= 11 is 1.93. The molecule has 0 saturated carbocycles. The molecule has 4 heterocycles. The van der Waals surface area contributed by atoms with Crippen molar-refractivity contribution in [2.75, 3.05) is 49.1 Å². The van der Waals surface area contributed by atoms with E-state index in [1.54, 1.807) is 0 Å². The summed E-state index contributed by atoms with van der Waals surface area (Å²) in [5, 5.41) is 1.27. The van der Waals surface area contributed by atoms with Crippen molar-refractivity contribution in [3.8, 4) is 0 Å². The summed E-state index contributed by atoms with van der Waals surface area (Å²) in [6, 6.07) is 6.87. The fourth-order valence-electron chi connectivity index (χ4n) is 4.01. The van der Waals surface area contributed by atoms with Crippen molar-refractivity contribution in [2.45, 2.75) is 25.3 Å². The van der Waals surface area contributed by atoms with Gasteiger partial charge in [0.15, 0.2) is 5.13 Å². The van der Waals surface area contributed by atoms with Crippen molar-refractivity contribution >= 4 is 22.3 Å². The molecule has 24 heavy (non-hydrogen) atoms. The molecule has 5 nitrogen and oxygen atoms in total. The minimum atomic E-state index is 0.703. The number of rotatable bonds is 3. The number of hydrogen-bond donors (Lipinski definition) is 0. The van der Waals surface area contributed by atoms with Crippen molar-refractivity contribution in [3.05, 3.63) is 35.0 Å². The van der Waals surface area contributed by atoms with E-state index in [0.717, 1.165) is 45.1 Å². The lowest BCUT2D eigenvalue weighted by Gasteiger charge is -2.48. The lowest BCUT2D eigenvalue weighted by molar-refractivity contribution is 0.157. The molecule has 126 valence electrons. The highest BCUT2D eigenvalue weighted by Gasteiger charge is 2.35. The minimum Gasteiger partial charge on any atom is -0.354 e. The van der Waals surface area contributed by atoms with E-state index in [4.69, 9.17) is 4.98 Å². The zero-order chi connectivity index (χ0) is 15.9. The summed E-state index contributed by atoms with van der Waals surface area (Å²) in [6.45, 7) is 6.75. The van der Waals surface area contributed by atoms with Crippen LogP contribution < -0.4 is 9.80 Å². The summed E-state index contributed by atoms with van der Waals surface area (Å²) < 4.78 is 0. The van der Waals surface area contributed by atoms with Gasteiger partial charge in [-0.1, -0.05) is 6.07 Å². The van der Waals surface area contributed by atoms with Gasteiger partial charge in [-0.15, -0.1) is 11.3 Å². The second-order valence-corrected chi connectivity index (χ2v) is 8.05. The van der Waals surface area contributed by atoms with Gasteiger partial charge in [0.05, 0.1) is 5.69 Å². The van der Waals surface area contributed by atoms with Crippen molar-refractivity contribution < 1.29 is 0 Å². The second-order valence-electron chi connectivity index (χ2n) is 6.99. The monoisotopic (exact) mass is 341 g/mol. The van der Waals surface area contributed by atoms with E-state index in [-0.39, 0.29) is 0 Å². The minimum absolute atomic E-state index is 0.703. The van der Waals surface area contributed by atoms with Crippen LogP contribution in [0.15, 0.2) is 24.4 Å². The lowest BCUT2D eigenvalue weighted by atomic mass is 10.1. The third kappa shape index (κ3) is 2.58. The van der Waals surface area contributed by atoms with Gasteiger partial charge in [0.25, 0.3) is 0 Å². The van der Waals surface area contributed by atoms with Crippen LogP contribution in [0.5, 0.6) is 0 Å². The standard InChI is InChI=1S/C18H23N5S/c1-2-7-19-17(6-1)22-10-8-21(9-11-22)14-12-23(13-14)18-20-15-4-3-5-16(15)24-18/h1-2,6-7,14H,3-5,8-13H2. The van der Waals surface area contributed by atoms with Gasteiger partial charge in [-0.25, -0.2) is 9.97 Å². The Bertz CT molecular complexity index is 680. The molecular formula is C18H23N5S. The zero-order valence-electron chi connectivity index (χ0n) is 13.9. The maximum atomic E-state index is 4.85. The predicted molar refractivity (Wildman–Crippen MR) is 98.2 cm³/mol. The van der Waals surface area contributed by atoms with Crippen LogP contribution in [-0.2, 0) is 12.8 Å². The molecule has 2 aromatic rings. The van der Waals surface area contributed by atoms with E-state index in [1.165, 1.54) is 35.0 Å². The molecule has 1 aliphatic carbocycles. The summed E-state index contributed by atoms with van der Waals surface area (Å²) in [7, 11) is 0. The molecule has 0 radical (unpaired) electrons. The quantitative estimate of drug-likeness (QED) is 0.854. The Labute approximate surface area is 146 Å². The Morgan fingerprint density at radius 1 is 1.00 bits per heavy atom. The Hall–Kier alpha value is -1.66. The molecule has 5 rings (SSSR count). The normalized spacial score (nSPS) is 21.8. The number of fused-ring (bicyclic) bond motifs is 1. The molecule has 0 bridgehead atoms. The van der Waals surface area contributed by atoms with Crippen LogP contribution in [0.25, 0.3) is 0 Å². The summed E-state index contributed by atoms with van der Waals surface area (Å²) in [6.07, 6.45) is 5.63. The van der Waals surface area contributed by atoms with Crippen molar-refractivity contribution in [3.63, 3.8) is 0 Å². The zero-order valence-corrected chi connectivity index (χ0v) is 14.7. The highest BCUT2D eigenvalue weighted by Crippen LogP contribution is 2.35. The molecule has 0 atom stereocenters. The van der Waals surface area contributed by atoms with Crippen LogP contribution >= 0.6 is 11.3 Å². The second kappa shape index (κ2) is 6.01. The first kappa shape index (κ1) is 14.7. The SMILES string of the molecule is c1ccc(N2CCN(C3CN(c4nc5c(s4)CCC5)C3)CC2)nc1. The maximum Gasteiger partial charge on any atom is 0.185 e. The molecule has 2 aliphatic heterocycles. The molecule has 0 amide bonds. The van der Waals surface area contributed by atoms with Gasteiger partial charge in [0, 0.05) is 56.4 Å². The highest BCUT2D eigenvalue weighted by atomic mass is 32.1. The van der Waals surface area contributed by atoms with Gasteiger partial charge in [-0.05, 0) is 31.4 Å². The number of anilines is 2. The van der Waals surface area contributed by atoms with Crippen molar-refractivity contribution in [1.29, 1.82) is 0 Å². The van der Waals surface area contributed by atoms with Crippen molar-refractivity contribution in [1.82, 2.24) is 14.9 Å². The van der Waals surface area contributed by atoms with Crippen LogP contribution in [0.2, 0.25) is 0 Å². The first-order chi connectivity index (χ1) is 11.9. The first-order valence-electron chi connectivity index (χ1n) is 9.00. The molecule has 0 spiro atoms. The van der Waals surface area contributed by atoms with E-state index in [1.807, 2.05) is 23.6 Å². The van der Waals surface area contributed by atoms with E-state index < -0.39 is 0 Å². The third-order valence-corrected chi connectivity index (χ3v) is 6.74. The molecule has 2 fully saturated rings. The Kier molecular flexibility index (Phi) is 3.67. The van der Waals surface area contributed by atoms with Gasteiger partial charge >= 0.3 is 0 Å². The molecule has 3 aliphatic rings. The largest absolute Gasteiger partial charge is 0.354 e. The smallest absolute Gasteiger partial charge is 0.185 e. The van der Waals surface area contributed by atoms with Crippen LogP contribution in [0.1, 0.15) is 17.0 Å². The fraction of sp³-hybridized carbons (Fsp3) is 0.556. The van der Waals surface area contributed by atoms with E-state index in [9.17, 15) is 0 Å². The maximum absolute atomic E-state index is 4.85. The first-order valence-corrected chi connectivity index (χ1v) is 9.82. The van der Waals surface area contributed by atoms with Crippen molar-refractivity contribution in [2.24, 2.45) is 0 Å². The molecule has 0 aromatic carbocycles. The molecule has 2 saturated heterocycles. The number of aromatic nitrogens is 2. The Morgan fingerprint density at radius 3 is 2.62 bits per heavy atom. The lowest BCUT2D eigenvalue weighted by Crippen LogP contribution is -2.63. The number of piperazine rings is 1. The molecule has 2 aromatic heterocycles. The number of hydrogen-bond acceptors (Lipinski definition) is 6. The topological polar surface area (TPSA) is 35.5 Å². The molecule has 6 heteroatoms. The van der Waals surface area contributed by atoms with E-state index in [2.05, 4.69) is 31.8 Å². The summed E-state index contributed by atoms with van der Waals surface area (Å²) in [5.41, 5.74) is 1.38. The number of aryl methyl sites for hydroxylation is 2. The fourth-order valence-corrected chi connectivity index (χ4v) is 5.18. The molecule has 0 unspecified atom stereocenters. The van der Waals surface area contributed by atoms with Gasteiger partial charge in [-0.2, -0.15) is 0 Å².